The lowest BCUT2D eigenvalue weighted by Gasteiger charge is -2.06. The van der Waals surface area contributed by atoms with Crippen molar-refractivity contribution >= 4 is 5.96 Å². The summed E-state index contributed by atoms with van der Waals surface area (Å²) in [5.74, 6) is 0.647. The van der Waals surface area contributed by atoms with Crippen LogP contribution in [0.5, 0.6) is 0 Å². The summed E-state index contributed by atoms with van der Waals surface area (Å²) in [4.78, 5) is 4.47. The fraction of sp³-hybridized carbons (Fsp3) is 0.963. The Balaban J connectivity index is 3.22. The van der Waals surface area contributed by atoms with Gasteiger partial charge in [-0.1, -0.05) is 142 Å². The number of nitrogens with one attached hydrogen (secondary N) is 1. The van der Waals surface area contributed by atoms with Gasteiger partial charge in [-0.15, -0.1) is 0 Å². The molecule has 0 aromatic carbocycles. The molecular weight excluding hydrogens is 366 g/mol. The van der Waals surface area contributed by atoms with Gasteiger partial charge < -0.3 is 11.1 Å². The molecule has 30 heavy (non-hydrogen) atoms. The second-order valence-corrected chi connectivity index (χ2v) is 9.26. The van der Waals surface area contributed by atoms with Gasteiger partial charge in [-0.3, -0.25) is 4.99 Å². The van der Waals surface area contributed by atoms with Gasteiger partial charge in [0.25, 0.3) is 0 Å². The van der Waals surface area contributed by atoms with Crippen molar-refractivity contribution in [3.8, 4) is 0 Å². The van der Waals surface area contributed by atoms with Crippen molar-refractivity contribution in [3.63, 3.8) is 0 Å². The fourth-order valence-corrected chi connectivity index (χ4v) is 4.04. The SMILES string of the molecule is CCCCCCCCCCCCCN=C(N)NCCCCCCCCCCCCC. The van der Waals surface area contributed by atoms with Crippen LogP contribution in [0.2, 0.25) is 0 Å². The summed E-state index contributed by atoms with van der Waals surface area (Å²) in [7, 11) is 0. The third-order valence-corrected chi connectivity index (χ3v) is 6.13. The molecule has 3 N–H and O–H groups in total. The van der Waals surface area contributed by atoms with Gasteiger partial charge >= 0.3 is 0 Å². The Bertz CT molecular complexity index is 341. The topological polar surface area (TPSA) is 50.4 Å². The number of nitrogens with zero attached hydrogens (tertiary/aromatic N) is 1. The summed E-state index contributed by atoms with van der Waals surface area (Å²) in [5.41, 5.74) is 5.97. The molecule has 0 saturated heterocycles. The summed E-state index contributed by atoms with van der Waals surface area (Å²) in [6.45, 7) is 6.43. The van der Waals surface area contributed by atoms with E-state index in [-0.39, 0.29) is 0 Å². The number of nitrogens with two attached hydrogens (primary N) is 1. The number of hydrogen-bond donors (Lipinski definition) is 2. The van der Waals surface area contributed by atoms with Crippen LogP contribution in [0.25, 0.3) is 0 Å². The van der Waals surface area contributed by atoms with Crippen LogP contribution in [0.3, 0.4) is 0 Å². The molecule has 0 aromatic heterocycles. The molecule has 0 aliphatic rings. The lowest BCUT2D eigenvalue weighted by Crippen LogP contribution is -2.32. The highest BCUT2D eigenvalue weighted by atomic mass is 15.1. The van der Waals surface area contributed by atoms with Gasteiger partial charge in [-0.05, 0) is 12.8 Å². The van der Waals surface area contributed by atoms with E-state index in [1.54, 1.807) is 0 Å². The summed E-state index contributed by atoms with van der Waals surface area (Å²) in [6.07, 6.45) is 30.4. The van der Waals surface area contributed by atoms with Crippen LogP contribution in [-0.4, -0.2) is 19.0 Å². The monoisotopic (exact) mass is 423 g/mol. The molecule has 0 amide bonds. The molecule has 0 spiro atoms. The highest BCUT2D eigenvalue weighted by molar-refractivity contribution is 5.77. The second kappa shape index (κ2) is 26.3. The number of aliphatic imine (C=N–C) groups is 1. The average molecular weight is 424 g/mol. The molecule has 0 aromatic rings. The van der Waals surface area contributed by atoms with Gasteiger partial charge in [0.05, 0.1) is 0 Å². The lowest BCUT2D eigenvalue weighted by molar-refractivity contribution is 0.547. The lowest BCUT2D eigenvalue weighted by atomic mass is 10.1. The Kier molecular flexibility index (Phi) is 25.7. The van der Waals surface area contributed by atoms with Crippen LogP contribution in [0.1, 0.15) is 155 Å². The zero-order chi connectivity index (χ0) is 22.0. The summed E-state index contributed by atoms with van der Waals surface area (Å²) < 4.78 is 0. The molecule has 0 rings (SSSR count). The Morgan fingerprint density at radius 2 is 0.833 bits per heavy atom. The van der Waals surface area contributed by atoms with Gasteiger partial charge in [0.15, 0.2) is 5.96 Å². The van der Waals surface area contributed by atoms with E-state index < -0.39 is 0 Å². The molecule has 0 aliphatic heterocycles. The first-order valence-electron chi connectivity index (χ1n) is 13.8. The van der Waals surface area contributed by atoms with Gasteiger partial charge in [-0.25, -0.2) is 0 Å². The molecule has 0 unspecified atom stereocenters. The van der Waals surface area contributed by atoms with Gasteiger partial charge in [-0.2, -0.15) is 0 Å². The molecule has 0 bridgehead atoms. The van der Waals surface area contributed by atoms with E-state index in [9.17, 15) is 0 Å². The molecule has 0 atom stereocenters. The van der Waals surface area contributed by atoms with Crippen LogP contribution in [-0.2, 0) is 0 Å². The maximum atomic E-state index is 5.97. The van der Waals surface area contributed by atoms with Crippen molar-refractivity contribution in [2.24, 2.45) is 10.7 Å². The Hall–Kier alpha value is -0.730. The van der Waals surface area contributed by atoms with Crippen LogP contribution in [0.15, 0.2) is 4.99 Å². The predicted octanol–water partition coefficient (Wildman–Crippen LogP) is 8.51. The molecule has 0 fully saturated rings. The molecule has 0 radical (unpaired) electrons. The van der Waals surface area contributed by atoms with E-state index in [0.717, 1.165) is 13.1 Å². The number of rotatable bonds is 24. The Labute approximate surface area is 190 Å². The molecule has 180 valence electrons. The van der Waals surface area contributed by atoms with E-state index in [2.05, 4.69) is 24.2 Å². The zero-order valence-corrected chi connectivity index (χ0v) is 21.0. The van der Waals surface area contributed by atoms with E-state index >= 15 is 0 Å². The normalized spacial score (nSPS) is 11.9. The first-order chi connectivity index (χ1) is 14.8. The highest BCUT2D eigenvalue weighted by Gasteiger charge is 1.96. The summed E-state index contributed by atoms with van der Waals surface area (Å²) >= 11 is 0. The average Bonchev–Trinajstić information content (AvgIpc) is 2.75. The van der Waals surface area contributed by atoms with E-state index in [1.807, 2.05) is 0 Å². The largest absolute Gasteiger partial charge is 0.370 e. The summed E-state index contributed by atoms with van der Waals surface area (Å²) in [6, 6.07) is 0. The van der Waals surface area contributed by atoms with Crippen molar-refractivity contribution in [1.82, 2.24) is 5.32 Å². The minimum Gasteiger partial charge on any atom is -0.370 e. The first kappa shape index (κ1) is 29.3. The quantitative estimate of drug-likeness (QED) is 0.0928. The van der Waals surface area contributed by atoms with Gasteiger partial charge in [0, 0.05) is 13.1 Å². The molecule has 0 saturated carbocycles. The van der Waals surface area contributed by atoms with Crippen molar-refractivity contribution in [2.45, 2.75) is 155 Å². The molecule has 3 nitrogen and oxygen atoms in total. The van der Waals surface area contributed by atoms with Crippen molar-refractivity contribution in [2.75, 3.05) is 13.1 Å². The van der Waals surface area contributed by atoms with Crippen LogP contribution >= 0.6 is 0 Å². The van der Waals surface area contributed by atoms with Crippen molar-refractivity contribution in [1.29, 1.82) is 0 Å². The summed E-state index contributed by atoms with van der Waals surface area (Å²) in [5, 5.41) is 3.28. The number of unbranched alkanes of at least 4 members (excludes halogenated alkanes) is 20. The van der Waals surface area contributed by atoms with Crippen LogP contribution in [0.4, 0.5) is 0 Å². The maximum absolute atomic E-state index is 5.97. The number of guanidine groups is 1. The molecule has 3 heteroatoms. The molecule has 0 aliphatic carbocycles. The van der Waals surface area contributed by atoms with E-state index in [4.69, 9.17) is 5.73 Å². The predicted molar refractivity (Wildman–Crippen MR) is 137 cm³/mol. The minimum atomic E-state index is 0.647. The standard InChI is InChI=1S/C27H57N3/c1-3-5-7-9-11-13-15-17-19-21-23-25-29-27(28)30-26-24-22-20-18-16-14-12-10-8-6-4-2/h3-26H2,1-2H3,(H3,28,29,30). The Morgan fingerprint density at radius 1 is 0.500 bits per heavy atom. The highest BCUT2D eigenvalue weighted by Crippen LogP contribution is 2.12. The van der Waals surface area contributed by atoms with E-state index in [1.165, 1.54) is 141 Å². The van der Waals surface area contributed by atoms with Gasteiger partial charge in [0.1, 0.15) is 0 Å². The molecular formula is C27H57N3. The second-order valence-electron chi connectivity index (χ2n) is 9.26. The van der Waals surface area contributed by atoms with E-state index in [0.29, 0.717) is 5.96 Å². The van der Waals surface area contributed by atoms with Crippen LogP contribution in [0, 0.1) is 0 Å². The Morgan fingerprint density at radius 3 is 1.23 bits per heavy atom. The van der Waals surface area contributed by atoms with Crippen molar-refractivity contribution in [3.05, 3.63) is 0 Å². The van der Waals surface area contributed by atoms with Crippen molar-refractivity contribution < 1.29 is 0 Å². The molecule has 0 heterocycles. The third kappa shape index (κ3) is 25.3. The van der Waals surface area contributed by atoms with Gasteiger partial charge in [0.2, 0.25) is 0 Å². The fourth-order valence-electron chi connectivity index (χ4n) is 4.04. The smallest absolute Gasteiger partial charge is 0.188 e. The number of hydrogen-bond acceptors (Lipinski definition) is 1. The zero-order valence-electron chi connectivity index (χ0n) is 21.0. The minimum absolute atomic E-state index is 0.647. The first-order valence-corrected chi connectivity index (χ1v) is 13.8. The third-order valence-electron chi connectivity index (χ3n) is 6.13. The van der Waals surface area contributed by atoms with Crippen LogP contribution < -0.4 is 11.1 Å². The maximum Gasteiger partial charge on any atom is 0.188 e.